The van der Waals surface area contributed by atoms with E-state index in [9.17, 15) is 15.0 Å². The lowest BCUT2D eigenvalue weighted by atomic mass is 10.1. The summed E-state index contributed by atoms with van der Waals surface area (Å²) in [4.78, 5) is 12.3. The summed E-state index contributed by atoms with van der Waals surface area (Å²) in [7, 11) is 0. The van der Waals surface area contributed by atoms with Crippen LogP contribution in [0.1, 0.15) is 155 Å². The number of hydrogen-bond acceptors (Lipinski definition) is 3. The third kappa shape index (κ3) is 27.9. The first kappa shape index (κ1) is 38.4. The molecule has 0 aromatic rings. The van der Waals surface area contributed by atoms with Crippen molar-refractivity contribution in [1.82, 2.24) is 5.32 Å². The topological polar surface area (TPSA) is 69.6 Å². The van der Waals surface area contributed by atoms with E-state index in [-0.39, 0.29) is 12.5 Å². The Bertz CT molecular complexity index is 652. The van der Waals surface area contributed by atoms with E-state index in [1.54, 1.807) is 6.08 Å². The number of amides is 1. The van der Waals surface area contributed by atoms with Crippen LogP contribution in [-0.2, 0) is 4.79 Å². The van der Waals surface area contributed by atoms with Gasteiger partial charge in [-0.1, -0.05) is 146 Å². The SMILES string of the molecule is CC/C=C\C/C=C\C/C=C\CCCCCCCCCC(=O)NC(CO)C(O)/C=C/CCCCCCCCCCC. The van der Waals surface area contributed by atoms with Crippen molar-refractivity contribution in [2.45, 2.75) is 167 Å². The number of hydrogen-bond donors (Lipinski definition) is 3. The summed E-state index contributed by atoms with van der Waals surface area (Å²) >= 11 is 0. The van der Waals surface area contributed by atoms with E-state index in [1.165, 1.54) is 77.0 Å². The van der Waals surface area contributed by atoms with Crippen LogP contribution in [0.2, 0.25) is 0 Å². The van der Waals surface area contributed by atoms with Gasteiger partial charge in [0.25, 0.3) is 0 Å². The molecule has 0 aliphatic rings. The zero-order valence-corrected chi connectivity index (χ0v) is 26.3. The van der Waals surface area contributed by atoms with Gasteiger partial charge in [0.05, 0.1) is 18.8 Å². The minimum Gasteiger partial charge on any atom is -0.394 e. The highest BCUT2D eigenvalue weighted by Gasteiger charge is 2.17. The number of nitrogens with one attached hydrogen (secondary N) is 1. The second-order valence-corrected chi connectivity index (χ2v) is 11.2. The van der Waals surface area contributed by atoms with Gasteiger partial charge < -0.3 is 15.5 Å². The molecule has 0 saturated carbocycles. The van der Waals surface area contributed by atoms with Gasteiger partial charge in [0.2, 0.25) is 5.91 Å². The molecule has 0 aliphatic carbocycles. The van der Waals surface area contributed by atoms with Gasteiger partial charge in [-0.05, 0) is 51.4 Å². The standard InChI is InChI=1S/C36H65NO3/c1-3-5-7-9-11-13-15-16-17-18-19-20-22-24-26-28-30-32-36(40)37-34(33-38)35(39)31-29-27-25-23-21-14-12-10-8-6-4-2/h5,7,11,13,16-17,29,31,34-35,38-39H,3-4,6,8-10,12,14-15,18-28,30,32-33H2,1-2H3,(H,37,40)/b7-5-,13-11-,17-16-,31-29+. The Morgan fingerprint density at radius 2 is 1.10 bits per heavy atom. The molecule has 0 radical (unpaired) electrons. The maximum Gasteiger partial charge on any atom is 0.220 e. The Morgan fingerprint density at radius 1 is 0.625 bits per heavy atom. The second kappa shape index (κ2) is 31.9. The predicted molar refractivity (Wildman–Crippen MR) is 175 cm³/mol. The van der Waals surface area contributed by atoms with Gasteiger partial charge in [-0.25, -0.2) is 0 Å². The highest BCUT2D eigenvalue weighted by Crippen LogP contribution is 2.12. The molecule has 0 aromatic heterocycles. The first-order valence-corrected chi connectivity index (χ1v) is 16.9. The fourth-order valence-corrected chi connectivity index (χ4v) is 4.72. The van der Waals surface area contributed by atoms with Crippen molar-refractivity contribution in [3.63, 3.8) is 0 Å². The fourth-order valence-electron chi connectivity index (χ4n) is 4.72. The first-order valence-electron chi connectivity index (χ1n) is 16.9. The molecule has 4 nitrogen and oxygen atoms in total. The maximum absolute atomic E-state index is 12.3. The molecule has 0 saturated heterocycles. The van der Waals surface area contributed by atoms with Crippen molar-refractivity contribution in [3.8, 4) is 0 Å². The molecule has 0 rings (SSSR count). The molecular weight excluding hydrogens is 494 g/mol. The molecule has 0 bridgehead atoms. The first-order chi connectivity index (χ1) is 19.7. The van der Waals surface area contributed by atoms with Crippen LogP contribution in [0.5, 0.6) is 0 Å². The zero-order chi connectivity index (χ0) is 29.4. The molecule has 3 N–H and O–H groups in total. The average molecular weight is 560 g/mol. The van der Waals surface area contributed by atoms with E-state index in [0.717, 1.165) is 57.8 Å². The van der Waals surface area contributed by atoms with Crippen LogP contribution in [0.15, 0.2) is 48.6 Å². The highest BCUT2D eigenvalue weighted by molar-refractivity contribution is 5.76. The Labute approximate surface area is 248 Å². The van der Waals surface area contributed by atoms with E-state index >= 15 is 0 Å². The van der Waals surface area contributed by atoms with Gasteiger partial charge in [0, 0.05) is 6.42 Å². The molecule has 0 fully saturated rings. The molecule has 2 atom stereocenters. The van der Waals surface area contributed by atoms with Crippen LogP contribution in [-0.4, -0.2) is 34.9 Å². The van der Waals surface area contributed by atoms with Crippen LogP contribution in [0.25, 0.3) is 0 Å². The molecule has 232 valence electrons. The maximum atomic E-state index is 12.3. The molecule has 2 unspecified atom stereocenters. The molecule has 1 amide bonds. The Morgan fingerprint density at radius 3 is 1.65 bits per heavy atom. The lowest BCUT2D eigenvalue weighted by Crippen LogP contribution is -2.45. The van der Waals surface area contributed by atoms with Crippen molar-refractivity contribution in [3.05, 3.63) is 48.6 Å². The van der Waals surface area contributed by atoms with Crippen molar-refractivity contribution >= 4 is 5.91 Å². The average Bonchev–Trinajstić information content (AvgIpc) is 2.96. The van der Waals surface area contributed by atoms with Gasteiger partial charge in [0.1, 0.15) is 0 Å². The van der Waals surface area contributed by atoms with Crippen LogP contribution >= 0.6 is 0 Å². The summed E-state index contributed by atoms with van der Waals surface area (Å²) in [5, 5.41) is 22.8. The summed E-state index contributed by atoms with van der Waals surface area (Å²) < 4.78 is 0. The summed E-state index contributed by atoms with van der Waals surface area (Å²) in [5.74, 6) is -0.0792. The smallest absolute Gasteiger partial charge is 0.220 e. The van der Waals surface area contributed by atoms with Gasteiger partial charge in [-0.2, -0.15) is 0 Å². The number of allylic oxidation sites excluding steroid dienone is 7. The quantitative estimate of drug-likeness (QED) is 0.0631. The normalized spacial score (nSPS) is 13.8. The molecular formula is C36H65NO3. The summed E-state index contributed by atoms with van der Waals surface area (Å²) in [6.45, 7) is 4.16. The minimum absolute atomic E-state index is 0.0792. The van der Waals surface area contributed by atoms with Crippen LogP contribution in [0.4, 0.5) is 0 Å². The van der Waals surface area contributed by atoms with Crippen molar-refractivity contribution in [1.29, 1.82) is 0 Å². The Kier molecular flexibility index (Phi) is 30.6. The van der Waals surface area contributed by atoms with Crippen LogP contribution < -0.4 is 5.32 Å². The number of carbonyl (C=O) groups is 1. The number of aliphatic hydroxyl groups excluding tert-OH is 2. The van der Waals surface area contributed by atoms with Crippen molar-refractivity contribution < 1.29 is 15.0 Å². The number of carbonyl (C=O) groups excluding carboxylic acids is 1. The molecule has 0 heterocycles. The van der Waals surface area contributed by atoms with E-state index in [4.69, 9.17) is 0 Å². The third-order valence-corrected chi connectivity index (χ3v) is 7.32. The van der Waals surface area contributed by atoms with E-state index in [2.05, 4.69) is 55.6 Å². The van der Waals surface area contributed by atoms with E-state index in [1.807, 2.05) is 6.08 Å². The predicted octanol–water partition coefficient (Wildman–Crippen LogP) is 9.67. The molecule has 0 spiro atoms. The van der Waals surface area contributed by atoms with Crippen molar-refractivity contribution in [2.24, 2.45) is 0 Å². The van der Waals surface area contributed by atoms with Gasteiger partial charge >= 0.3 is 0 Å². The van der Waals surface area contributed by atoms with E-state index in [0.29, 0.717) is 6.42 Å². The molecule has 0 aliphatic heterocycles. The lowest BCUT2D eigenvalue weighted by molar-refractivity contribution is -0.123. The van der Waals surface area contributed by atoms with Gasteiger partial charge in [-0.3, -0.25) is 4.79 Å². The fraction of sp³-hybridized carbons (Fsp3) is 0.750. The number of unbranched alkanes of at least 4 members (excludes halogenated alkanes) is 16. The Hall–Kier alpha value is -1.65. The third-order valence-electron chi connectivity index (χ3n) is 7.32. The Balaban J connectivity index is 3.68. The summed E-state index contributed by atoms with van der Waals surface area (Å²) in [6, 6.07) is -0.625. The molecule has 0 aromatic carbocycles. The van der Waals surface area contributed by atoms with Crippen LogP contribution in [0, 0.1) is 0 Å². The second-order valence-electron chi connectivity index (χ2n) is 11.2. The monoisotopic (exact) mass is 559 g/mol. The van der Waals surface area contributed by atoms with Gasteiger partial charge in [0.15, 0.2) is 0 Å². The minimum atomic E-state index is -0.841. The number of aliphatic hydroxyl groups is 2. The lowest BCUT2D eigenvalue weighted by Gasteiger charge is -2.20. The highest BCUT2D eigenvalue weighted by atomic mass is 16.3. The molecule has 40 heavy (non-hydrogen) atoms. The van der Waals surface area contributed by atoms with Crippen molar-refractivity contribution in [2.75, 3.05) is 6.61 Å². The van der Waals surface area contributed by atoms with Gasteiger partial charge in [-0.15, -0.1) is 0 Å². The zero-order valence-electron chi connectivity index (χ0n) is 26.3. The van der Waals surface area contributed by atoms with Crippen LogP contribution in [0.3, 0.4) is 0 Å². The molecule has 4 heteroatoms. The summed E-state index contributed by atoms with van der Waals surface area (Å²) in [6.07, 6.45) is 41.8. The number of rotatable bonds is 29. The van der Waals surface area contributed by atoms with E-state index < -0.39 is 12.1 Å². The summed E-state index contributed by atoms with van der Waals surface area (Å²) in [5.41, 5.74) is 0. The largest absolute Gasteiger partial charge is 0.394 e.